The third-order valence-corrected chi connectivity index (χ3v) is 4.02. The number of aryl methyl sites for hydroxylation is 1. The lowest BCUT2D eigenvalue weighted by molar-refractivity contribution is -0.147. The molecule has 0 aromatic heterocycles. The van der Waals surface area contributed by atoms with Gasteiger partial charge in [0.05, 0.1) is 12.0 Å². The number of carbonyl (C=O) groups is 3. The number of likely N-dealkylation sites (tertiary alicyclic amines) is 1. The quantitative estimate of drug-likeness (QED) is 0.782. The number of carbonyl (C=O) groups excluding carboxylic acids is 2. The van der Waals surface area contributed by atoms with Crippen molar-refractivity contribution >= 4 is 23.6 Å². The maximum absolute atomic E-state index is 12.1. The molecule has 3 N–H and O–H groups in total. The van der Waals surface area contributed by atoms with Crippen LogP contribution in [0.25, 0.3) is 0 Å². The number of hydrogen-bond donors (Lipinski definition) is 3. The summed E-state index contributed by atoms with van der Waals surface area (Å²) in [6.45, 7) is 3.94. The highest BCUT2D eigenvalue weighted by Gasteiger charge is 2.41. The van der Waals surface area contributed by atoms with E-state index in [1.165, 1.54) is 4.90 Å². The van der Waals surface area contributed by atoms with Crippen LogP contribution in [-0.4, -0.2) is 47.5 Å². The number of carboxylic acids is 1. The Bertz CT molecular complexity index is 632. The number of anilines is 1. The van der Waals surface area contributed by atoms with Crippen LogP contribution in [0.2, 0.25) is 0 Å². The molecule has 0 spiro atoms. The molecule has 1 fully saturated rings. The summed E-state index contributed by atoms with van der Waals surface area (Å²) in [5.74, 6) is -1.19. The van der Waals surface area contributed by atoms with Gasteiger partial charge in [-0.1, -0.05) is 12.1 Å². The van der Waals surface area contributed by atoms with Gasteiger partial charge in [-0.3, -0.25) is 9.59 Å². The molecular formula is C16H21N3O4. The first-order valence-corrected chi connectivity index (χ1v) is 7.43. The number of amides is 3. The molecule has 0 saturated carbocycles. The lowest BCUT2D eigenvalue weighted by Crippen LogP contribution is -2.42. The normalized spacial score (nSPS) is 20.2. The molecule has 1 aliphatic heterocycles. The van der Waals surface area contributed by atoms with Gasteiger partial charge < -0.3 is 20.6 Å². The molecule has 3 amide bonds. The number of hydrogen-bond acceptors (Lipinski definition) is 3. The molecule has 23 heavy (non-hydrogen) atoms. The van der Waals surface area contributed by atoms with Crippen molar-refractivity contribution < 1.29 is 19.5 Å². The summed E-state index contributed by atoms with van der Waals surface area (Å²) in [4.78, 5) is 36.5. The van der Waals surface area contributed by atoms with E-state index >= 15 is 0 Å². The number of aliphatic carboxylic acids is 1. The third-order valence-electron chi connectivity index (χ3n) is 4.02. The maximum atomic E-state index is 12.1. The maximum Gasteiger partial charge on any atom is 0.319 e. The van der Waals surface area contributed by atoms with Crippen LogP contribution in [0.1, 0.15) is 18.9 Å². The van der Waals surface area contributed by atoms with Crippen molar-refractivity contribution in [3.8, 4) is 0 Å². The molecule has 0 aliphatic carbocycles. The lowest BCUT2D eigenvalue weighted by atomic mass is 9.90. The molecular weight excluding hydrogens is 298 g/mol. The van der Waals surface area contributed by atoms with Crippen molar-refractivity contribution in [3.63, 3.8) is 0 Å². The zero-order chi connectivity index (χ0) is 17.0. The fraction of sp³-hybridized carbons (Fsp3) is 0.438. The molecule has 1 atom stereocenters. The van der Waals surface area contributed by atoms with E-state index in [-0.39, 0.29) is 19.0 Å². The summed E-state index contributed by atoms with van der Waals surface area (Å²) in [5, 5.41) is 14.3. The topological polar surface area (TPSA) is 98.7 Å². The molecule has 7 nitrogen and oxygen atoms in total. The molecule has 1 heterocycles. The number of urea groups is 1. The van der Waals surface area contributed by atoms with Gasteiger partial charge in [-0.15, -0.1) is 0 Å². The third kappa shape index (κ3) is 4.21. The number of rotatable bonds is 4. The number of nitrogens with zero attached hydrogens (tertiary/aromatic N) is 1. The molecule has 2 rings (SSSR count). The molecule has 0 radical (unpaired) electrons. The summed E-state index contributed by atoms with van der Waals surface area (Å²) in [7, 11) is 0. The minimum Gasteiger partial charge on any atom is -0.481 e. The standard InChI is InChI=1S/C16H21N3O4/c1-11-4-3-5-12(8-11)18-15(23)17-9-13(20)19-7-6-16(2,10-19)14(21)22/h3-5,8H,6-7,9-10H2,1-2H3,(H,21,22)(H2,17,18,23). The highest BCUT2D eigenvalue weighted by Crippen LogP contribution is 2.29. The highest BCUT2D eigenvalue weighted by molar-refractivity contribution is 5.92. The largest absolute Gasteiger partial charge is 0.481 e. The second-order valence-electron chi connectivity index (χ2n) is 6.11. The Balaban J connectivity index is 1.81. The average molecular weight is 319 g/mol. The Hall–Kier alpha value is -2.57. The van der Waals surface area contributed by atoms with E-state index in [1.807, 2.05) is 25.1 Å². The van der Waals surface area contributed by atoms with Crippen molar-refractivity contribution in [2.24, 2.45) is 5.41 Å². The molecule has 1 unspecified atom stereocenters. The summed E-state index contributed by atoms with van der Waals surface area (Å²) in [6, 6.07) is 6.85. The second kappa shape index (κ2) is 6.68. The van der Waals surface area contributed by atoms with E-state index in [0.29, 0.717) is 18.7 Å². The molecule has 0 bridgehead atoms. The van der Waals surface area contributed by atoms with E-state index in [9.17, 15) is 14.4 Å². The number of nitrogens with one attached hydrogen (secondary N) is 2. The molecule has 124 valence electrons. The van der Waals surface area contributed by atoms with Gasteiger partial charge in [0.15, 0.2) is 0 Å². The summed E-state index contributed by atoms with van der Waals surface area (Å²) >= 11 is 0. The summed E-state index contributed by atoms with van der Waals surface area (Å²) in [5.41, 5.74) is 0.762. The Morgan fingerprint density at radius 3 is 2.70 bits per heavy atom. The molecule has 1 saturated heterocycles. The van der Waals surface area contributed by atoms with Gasteiger partial charge in [0.1, 0.15) is 0 Å². The van der Waals surface area contributed by atoms with E-state index in [4.69, 9.17) is 5.11 Å². The first kappa shape index (κ1) is 16.8. The Labute approximate surface area is 134 Å². The van der Waals surface area contributed by atoms with Gasteiger partial charge in [0.2, 0.25) is 5.91 Å². The van der Waals surface area contributed by atoms with Gasteiger partial charge in [-0.05, 0) is 38.0 Å². The number of carboxylic acid groups (broad SMARTS) is 1. The summed E-state index contributed by atoms with van der Waals surface area (Å²) < 4.78 is 0. The van der Waals surface area contributed by atoms with Crippen LogP contribution in [0.15, 0.2) is 24.3 Å². The molecule has 1 aliphatic rings. The van der Waals surface area contributed by atoms with Crippen molar-refractivity contribution in [2.75, 3.05) is 25.0 Å². The van der Waals surface area contributed by atoms with Gasteiger partial charge >= 0.3 is 12.0 Å². The second-order valence-corrected chi connectivity index (χ2v) is 6.11. The predicted octanol–water partition coefficient (Wildman–Crippen LogP) is 1.44. The van der Waals surface area contributed by atoms with Crippen LogP contribution in [0.4, 0.5) is 10.5 Å². The lowest BCUT2D eigenvalue weighted by Gasteiger charge is -2.20. The Morgan fingerprint density at radius 2 is 2.09 bits per heavy atom. The zero-order valence-electron chi connectivity index (χ0n) is 13.3. The number of benzene rings is 1. The first-order chi connectivity index (χ1) is 10.8. The Kier molecular flexibility index (Phi) is 4.88. The van der Waals surface area contributed by atoms with Crippen molar-refractivity contribution in [1.29, 1.82) is 0 Å². The van der Waals surface area contributed by atoms with Crippen molar-refractivity contribution in [1.82, 2.24) is 10.2 Å². The van der Waals surface area contributed by atoms with Crippen LogP contribution >= 0.6 is 0 Å². The fourth-order valence-electron chi connectivity index (χ4n) is 2.51. The van der Waals surface area contributed by atoms with Crippen LogP contribution in [0, 0.1) is 12.3 Å². The van der Waals surface area contributed by atoms with Crippen LogP contribution in [0.3, 0.4) is 0 Å². The fourth-order valence-corrected chi connectivity index (χ4v) is 2.51. The van der Waals surface area contributed by atoms with Crippen LogP contribution in [0.5, 0.6) is 0 Å². The zero-order valence-corrected chi connectivity index (χ0v) is 13.3. The Morgan fingerprint density at radius 1 is 1.35 bits per heavy atom. The highest BCUT2D eigenvalue weighted by atomic mass is 16.4. The van der Waals surface area contributed by atoms with Gasteiger partial charge in [0, 0.05) is 18.8 Å². The van der Waals surface area contributed by atoms with E-state index in [0.717, 1.165) is 5.56 Å². The van der Waals surface area contributed by atoms with Crippen molar-refractivity contribution in [3.05, 3.63) is 29.8 Å². The minimum absolute atomic E-state index is 0.159. The molecule has 1 aromatic rings. The predicted molar refractivity (Wildman–Crippen MR) is 85.1 cm³/mol. The van der Waals surface area contributed by atoms with E-state index in [1.54, 1.807) is 13.0 Å². The van der Waals surface area contributed by atoms with E-state index < -0.39 is 17.4 Å². The molecule has 7 heteroatoms. The molecule has 1 aromatic carbocycles. The minimum atomic E-state index is -0.905. The van der Waals surface area contributed by atoms with Gasteiger partial charge in [0.25, 0.3) is 0 Å². The summed E-state index contributed by atoms with van der Waals surface area (Å²) in [6.07, 6.45) is 0.420. The van der Waals surface area contributed by atoms with Crippen LogP contribution < -0.4 is 10.6 Å². The SMILES string of the molecule is Cc1cccc(NC(=O)NCC(=O)N2CCC(C)(C(=O)O)C2)c1. The van der Waals surface area contributed by atoms with Crippen LogP contribution in [-0.2, 0) is 9.59 Å². The average Bonchev–Trinajstić information content (AvgIpc) is 2.89. The van der Waals surface area contributed by atoms with Gasteiger partial charge in [-0.25, -0.2) is 4.79 Å². The monoisotopic (exact) mass is 319 g/mol. The van der Waals surface area contributed by atoms with Gasteiger partial charge in [-0.2, -0.15) is 0 Å². The van der Waals surface area contributed by atoms with E-state index in [2.05, 4.69) is 10.6 Å². The smallest absolute Gasteiger partial charge is 0.319 e. The van der Waals surface area contributed by atoms with Crippen molar-refractivity contribution in [2.45, 2.75) is 20.3 Å². The first-order valence-electron chi connectivity index (χ1n) is 7.43.